The molecule has 13 nitrogen and oxygen atoms in total. The van der Waals surface area contributed by atoms with Gasteiger partial charge >= 0.3 is 11.9 Å². The molecule has 0 unspecified atom stereocenters. The summed E-state index contributed by atoms with van der Waals surface area (Å²) in [4.78, 5) is 59.2. The second-order valence-electron chi connectivity index (χ2n) is 8.76. The number of aryl methyl sites for hydroxylation is 1. The Hall–Kier alpha value is -5.41. The van der Waals surface area contributed by atoms with Crippen molar-refractivity contribution < 1.29 is 18.0 Å². The zero-order valence-electron chi connectivity index (χ0n) is 20.5. The molecule has 1 aliphatic heterocycles. The number of rotatable bonds is 4. The molecule has 1 amide bonds. The lowest BCUT2D eigenvalue weighted by Gasteiger charge is -2.28. The van der Waals surface area contributed by atoms with E-state index >= 15 is 0 Å². The van der Waals surface area contributed by atoms with Crippen LogP contribution in [0.4, 0.5) is 24.9 Å². The number of fused-ring (bicyclic) bond motifs is 3. The summed E-state index contributed by atoms with van der Waals surface area (Å²) in [5.41, 5.74) is 2.65. The normalized spacial score (nSPS) is 13.4. The average molecular weight is 550 g/mol. The first-order valence-electron chi connectivity index (χ1n) is 11.7. The number of hydrogen-bond donors (Lipinski definition) is 1. The fourth-order valence-corrected chi connectivity index (χ4v) is 4.27. The van der Waals surface area contributed by atoms with E-state index in [2.05, 4.69) is 30.3 Å². The fourth-order valence-electron chi connectivity index (χ4n) is 4.27. The number of hydrogen-bond acceptors (Lipinski definition) is 9. The molecule has 0 fully saturated rings. The highest BCUT2D eigenvalue weighted by molar-refractivity contribution is 5.97. The van der Waals surface area contributed by atoms with Crippen molar-refractivity contribution in [3.63, 3.8) is 0 Å². The lowest BCUT2D eigenvalue weighted by Crippen LogP contribution is -2.45. The van der Waals surface area contributed by atoms with Crippen molar-refractivity contribution in [2.24, 2.45) is 7.05 Å². The Morgan fingerprint density at radius 3 is 2.45 bits per heavy atom. The topological polar surface area (TPSA) is 146 Å². The summed E-state index contributed by atoms with van der Waals surface area (Å²) in [7, 11) is 1.47. The van der Waals surface area contributed by atoms with Gasteiger partial charge in [0.25, 0.3) is 11.5 Å². The summed E-state index contributed by atoms with van der Waals surface area (Å²) >= 11 is 0. The van der Waals surface area contributed by atoms with Crippen LogP contribution in [-0.4, -0.2) is 44.5 Å². The molecular weight excluding hydrogens is 533 g/mol. The number of hydrazine groups is 1. The molecule has 0 bridgehead atoms. The minimum atomic E-state index is -4.69. The van der Waals surface area contributed by atoms with E-state index < -0.39 is 29.2 Å². The Morgan fingerprint density at radius 1 is 0.975 bits per heavy atom. The van der Waals surface area contributed by atoms with Crippen LogP contribution in [0, 0.1) is 0 Å². The predicted octanol–water partition coefficient (Wildman–Crippen LogP) is 1.58. The fraction of sp³-hybridized carbons (Fsp3) is 0.167. The standard InChI is InChI=1S/C24H17F3N10O3/c1-34-19-18(20(39)36(23(34)40)11-14-5-2-3-8-28-14)35-12-17(38)37(33-22(35)32-19)16-7-4-6-15(31-16)13-9-29-21(30-10-13)24(25,26)27/h2-10H,11-12H2,1H3,(H,32,33). The van der Waals surface area contributed by atoms with Crippen molar-refractivity contribution in [2.75, 3.05) is 10.4 Å². The van der Waals surface area contributed by atoms with Gasteiger partial charge in [0, 0.05) is 31.2 Å². The molecule has 16 heteroatoms. The number of carbonyl (C=O) groups is 1. The predicted molar refractivity (Wildman–Crippen MR) is 134 cm³/mol. The van der Waals surface area contributed by atoms with Crippen molar-refractivity contribution in [3.8, 4) is 11.3 Å². The number of nitrogens with zero attached hydrogens (tertiary/aromatic N) is 9. The summed E-state index contributed by atoms with van der Waals surface area (Å²) < 4.78 is 42.1. The van der Waals surface area contributed by atoms with Crippen molar-refractivity contribution >= 4 is 28.8 Å². The molecule has 1 aliphatic rings. The molecule has 6 heterocycles. The molecule has 40 heavy (non-hydrogen) atoms. The van der Waals surface area contributed by atoms with E-state index in [0.29, 0.717) is 5.69 Å². The van der Waals surface area contributed by atoms with Crippen molar-refractivity contribution in [1.82, 2.24) is 38.6 Å². The van der Waals surface area contributed by atoms with Gasteiger partial charge in [-0.15, -0.1) is 0 Å². The smallest absolute Gasteiger partial charge is 0.293 e. The lowest BCUT2D eigenvalue weighted by molar-refractivity contribution is -0.145. The molecule has 0 aromatic carbocycles. The van der Waals surface area contributed by atoms with Gasteiger partial charge in [-0.05, 0) is 24.3 Å². The molecule has 6 rings (SSSR count). The molecule has 0 radical (unpaired) electrons. The molecule has 0 saturated carbocycles. The first kappa shape index (κ1) is 24.9. The summed E-state index contributed by atoms with van der Waals surface area (Å²) in [5, 5.41) is 1.10. The molecule has 1 N–H and O–H groups in total. The molecular formula is C24H17F3N10O3. The van der Waals surface area contributed by atoms with Crippen LogP contribution in [0.5, 0.6) is 0 Å². The van der Waals surface area contributed by atoms with Crippen LogP contribution in [0.15, 0.2) is 64.6 Å². The molecule has 0 spiro atoms. The van der Waals surface area contributed by atoms with Crippen LogP contribution in [0.1, 0.15) is 11.5 Å². The van der Waals surface area contributed by atoms with Gasteiger partial charge in [0.05, 0.1) is 17.9 Å². The molecule has 0 atom stereocenters. The number of aromatic nitrogens is 8. The second kappa shape index (κ2) is 9.11. The van der Waals surface area contributed by atoms with Crippen LogP contribution < -0.4 is 21.7 Å². The van der Waals surface area contributed by atoms with Crippen LogP contribution in [0.2, 0.25) is 0 Å². The number of imidazole rings is 1. The monoisotopic (exact) mass is 550 g/mol. The number of pyridine rings is 2. The number of anilines is 2. The number of amides is 1. The van der Waals surface area contributed by atoms with Gasteiger partial charge in [-0.1, -0.05) is 12.1 Å². The van der Waals surface area contributed by atoms with Crippen molar-refractivity contribution in [3.05, 3.63) is 87.3 Å². The summed E-state index contributed by atoms with van der Waals surface area (Å²) in [6.45, 7) is -0.369. The van der Waals surface area contributed by atoms with E-state index in [9.17, 15) is 27.6 Å². The third-order valence-electron chi connectivity index (χ3n) is 6.20. The van der Waals surface area contributed by atoms with Gasteiger partial charge in [-0.2, -0.15) is 18.2 Å². The molecule has 0 saturated heterocycles. The largest absolute Gasteiger partial charge is 0.451 e. The third kappa shape index (κ3) is 4.14. The molecule has 202 valence electrons. The maximum atomic E-state index is 13.4. The second-order valence-corrected chi connectivity index (χ2v) is 8.76. The molecule has 0 aliphatic carbocycles. The third-order valence-corrected chi connectivity index (χ3v) is 6.20. The van der Waals surface area contributed by atoms with Gasteiger partial charge in [-0.25, -0.2) is 24.8 Å². The summed E-state index contributed by atoms with van der Waals surface area (Å²) in [5.74, 6) is -1.57. The highest BCUT2D eigenvalue weighted by Gasteiger charge is 2.34. The van der Waals surface area contributed by atoms with Gasteiger partial charge in [0.15, 0.2) is 17.0 Å². The van der Waals surface area contributed by atoms with Crippen LogP contribution in [0.3, 0.4) is 0 Å². The zero-order valence-corrected chi connectivity index (χ0v) is 20.5. The number of nitrogens with one attached hydrogen (secondary N) is 1. The Balaban J connectivity index is 1.36. The quantitative estimate of drug-likeness (QED) is 0.352. The van der Waals surface area contributed by atoms with E-state index in [-0.39, 0.29) is 47.3 Å². The maximum absolute atomic E-state index is 13.4. The molecule has 5 aromatic heterocycles. The zero-order chi connectivity index (χ0) is 28.2. The SMILES string of the molecule is Cn1c(=O)n(Cc2ccccn2)c(=O)c2c1nc1n2CC(=O)N(c2cccc(-c3cnc(C(F)(F)F)nc3)n2)N1. The Morgan fingerprint density at radius 2 is 1.75 bits per heavy atom. The first-order valence-corrected chi connectivity index (χ1v) is 11.7. The summed E-state index contributed by atoms with van der Waals surface area (Å²) in [6.07, 6.45) is -1.16. The van der Waals surface area contributed by atoms with E-state index in [1.54, 1.807) is 30.5 Å². The Bertz CT molecular complexity index is 1900. The lowest BCUT2D eigenvalue weighted by atomic mass is 10.2. The van der Waals surface area contributed by atoms with Crippen LogP contribution in [0.25, 0.3) is 22.4 Å². The van der Waals surface area contributed by atoms with E-state index in [0.717, 1.165) is 22.0 Å². The number of alkyl halides is 3. The summed E-state index contributed by atoms with van der Waals surface area (Å²) in [6, 6.07) is 9.73. The van der Waals surface area contributed by atoms with Crippen molar-refractivity contribution in [1.29, 1.82) is 0 Å². The van der Waals surface area contributed by atoms with Crippen LogP contribution in [-0.2, 0) is 31.1 Å². The number of carbonyl (C=O) groups excluding carboxylic acids is 1. The van der Waals surface area contributed by atoms with E-state index in [1.807, 2.05) is 0 Å². The number of halogens is 3. The molecule has 5 aromatic rings. The van der Waals surface area contributed by atoms with Crippen molar-refractivity contribution in [2.45, 2.75) is 19.3 Å². The van der Waals surface area contributed by atoms with Gasteiger partial charge < -0.3 is 0 Å². The Labute approximate surface area is 221 Å². The maximum Gasteiger partial charge on any atom is 0.451 e. The Kier molecular flexibility index (Phi) is 5.67. The minimum Gasteiger partial charge on any atom is -0.293 e. The van der Waals surface area contributed by atoms with Gasteiger partial charge in [-0.3, -0.25) is 33.7 Å². The first-order chi connectivity index (χ1) is 19.1. The van der Waals surface area contributed by atoms with Gasteiger partial charge in [0.2, 0.25) is 11.8 Å². The van der Waals surface area contributed by atoms with Gasteiger partial charge in [0.1, 0.15) is 6.54 Å². The van der Waals surface area contributed by atoms with Crippen LogP contribution >= 0.6 is 0 Å². The van der Waals surface area contributed by atoms with E-state index in [4.69, 9.17) is 0 Å². The minimum absolute atomic E-state index is 0.0529. The van der Waals surface area contributed by atoms with E-state index in [1.165, 1.54) is 28.3 Å². The highest BCUT2D eigenvalue weighted by Crippen LogP contribution is 2.28. The highest BCUT2D eigenvalue weighted by atomic mass is 19.4. The average Bonchev–Trinajstić information content (AvgIpc) is 3.32.